The molecule has 2 amide bonds. The van der Waals surface area contributed by atoms with Gasteiger partial charge in [0, 0.05) is 25.2 Å². The molecule has 0 saturated carbocycles. The van der Waals surface area contributed by atoms with Crippen molar-refractivity contribution in [1.29, 1.82) is 0 Å². The van der Waals surface area contributed by atoms with Gasteiger partial charge in [-0.05, 0) is 38.4 Å². The van der Waals surface area contributed by atoms with E-state index in [4.69, 9.17) is 5.73 Å². The van der Waals surface area contributed by atoms with E-state index in [9.17, 15) is 9.59 Å². The molecule has 1 aliphatic heterocycles. The van der Waals surface area contributed by atoms with Crippen LogP contribution in [0, 0.1) is 0 Å². The number of hydrogen-bond acceptors (Lipinski definition) is 4. The Morgan fingerprint density at radius 1 is 1.32 bits per heavy atom. The zero-order valence-corrected chi connectivity index (χ0v) is 14.3. The van der Waals surface area contributed by atoms with Gasteiger partial charge in [0.1, 0.15) is 5.69 Å². The monoisotopic (exact) mass is 341 g/mol. The van der Waals surface area contributed by atoms with Gasteiger partial charge in [-0.25, -0.2) is 4.68 Å². The molecule has 0 unspecified atom stereocenters. The number of primary amides is 1. The third kappa shape index (κ3) is 3.88. The first-order chi connectivity index (χ1) is 12.1. The minimum Gasteiger partial charge on any atom is -0.364 e. The number of amides is 2. The first-order valence-electron chi connectivity index (χ1n) is 8.54. The highest BCUT2D eigenvalue weighted by Gasteiger charge is 2.21. The number of nitrogens with two attached hydrogens (primary N) is 1. The number of carbonyl (C=O) groups excluding carboxylic acids is 2. The molecule has 1 fully saturated rings. The minimum absolute atomic E-state index is 0.185. The van der Waals surface area contributed by atoms with Crippen molar-refractivity contribution in [2.45, 2.75) is 25.8 Å². The van der Waals surface area contributed by atoms with Crippen molar-refractivity contribution < 1.29 is 9.59 Å². The van der Waals surface area contributed by atoms with Gasteiger partial charge in [0.15, 0.2) is 5.69 Å². The van der Waals surface area contributed by atoms with Crippen LogP contribution in [0.25, 0.3) is 5.69 Å². The Balaban J connectivity index is 1.69. The van der Waals surface area contributed by atoms with Gasteiger partial charge in [-0.2, -0.15) is 5.10 Å². The largest absolute Gasteiger partial charge is 0.364 e. The summed E-state index contributed by atoms with van der Waals surface area (Å²) in [7, 11) is 0. The maximum Gasteiger partial charge on any atom is 0.271 e. The Labute approximate surface area is 146 Å². The van der Waals surface area contributed by atoms with Crippen molar-refractivity contribution in [3.05, 3.63) is 47.8 Å². The smallest absolute Gasteiger partial charge is 0.271 e. The molecule has 3 N–H and O–H groups in total. The minimum atomic E-state index is -0.624. The molecule has 0 radical (unpaired) electrons. The van der Waals surface area contributed by atoms with E-state index in [1.54, 1.807) is 12.1 Å². The average molecular weight is 341 g/mol. The van der Waals surface area contributed by atoms with Crippen molar-refractivity contribution in [2.24, 2.45) is 5.73 Å². The fourth-order valence-electron chi connectivity index (χ4n) is 3.16. The van der Waals surface area contributed by atoms with E-state index in [1.807, 2.05) is 18.2 Å². The topological polar surface area (TPSA) is 93.3 Å². The summed E-state index contributed by atoms with van der Waals surface area (Å²) in [6.45, 7) is 4.64. The summed E-state index contributed by atoms with van der Waals surface area (Å²) < 4.78 is 1.40. The molecule has 0 aliphatic carbocycles. The van der Waals surface area contributed by atoms with Crippen molar-refractivity contribution in [3.63, 3.8) is 0 Å². The van der Waals surface area contributed by atoms with Crippen molar-refractivity contribution >= 4 is 11.8 Å². The molecular formula is C18H23N5O2. The van der Waals surface area contributed by atoms with Gasteiger partial charge in [-0.3, -0.25) is 14.5 Å². The van der Waals surface area contributed by atoms with Crippen LogP contribution in [0.4, 0.5) is 0 Å². The molecule has 7 nitrogen and oxygen atoms in total. The summed E-state index contributed by atoms with van der Waals surface area (Å²) in [4.78, 5) is 26.4. The lowest BCUT2D eigenvalue weighted by Crippen LogP contribution is -2.36. The molecule has 1 atom stereocenters. The summed E-state index contributed by atoms with van der Waals surface area (Å²) in [5.41, 5.74) is 6.48. The predicted molar refractivity (Wildman–Crippen MR) is 94.7 cm³/mol. The zero-order chi connectivity index (χ0) is 17.8. The van der Waals surface area contributed by atoms with Crippen LogP contribution in [0.3, 0.4) is 0 Å². The lowest BCUT2D eigenvalue weighted by molar-refractivity contribution is 0.0941. The first kappa shape index (κ1) is 17.2. The predicted octanol–water partition coefficient (Wildman–Crippen LogP) is 1.19. The average Bonchev–Trinajstić information content (AvgIpc) is 3.22. The van der Waals surface area contributed by atoms with Crippen LogP contribution >= 0.6 is 0 Å². The fraction of sp³-hybridized carbons (Fsp3) is 0.389. The van der Waals surface area contributed by atoms with Crippen LogP contribution in [0.15, 0.2) is 36.4 Å². The molecule has 1 aliphatic rings. The Bertz CT molecular complexity index is 756. The third-order valence-electron chi connectivity index (χ3n) is 4.57. The first-order valence-corrected chi connectivity index (χ1v) is 8.54. The van der Waals surface area contributed by atoms with Crippen LogP contribution in [0.1, 0.15) is 40.7 Å². The molecule has 3 rings (SSSR count). The Morgan fingerprint density at radius 3 is 2.72 bits per heavy atom. The van der Waals surface area contributed by atoms with Gasteiger partial charge in [-0.1, -0.05) is 18.2 Å². The Morgan fingerprint density at radius 2 is 2.08 bits per heavy atom. The van der Waals surface area contributed by atoms with Gasteiger partial charge in [0.2, 0.25) is 0 Å². The van der Waals surface area contributed by atoms with Gasteiger partial charge in [0.05, 0.1) is 5.69 Å². The molecule has 0 bridgehead atoms. The second kappa shape index (κ2) is 7.48. The standard InChI is InChI=1S/C18H23N5O2/c1-13-6-5-10-22(13)11-9-20-18(25)15-12-16(17(19)24)23(21-15)14-7-3-2-4-8-14/h2-4,7-8,12-13H,5-6,9-11H2,1H3,(H2,19,24)(H,20,25)/t13-/m0/s1. The van der Waals surface area contributed by atoms with Crippen molar-refractivity contribution in [2.75, 3.05) is 19.6 Å². The molecule has 1 saturated heterocycles. The summed E-state index contributed by atoms with van der Waals surface area (Å²) in [6.07, 6.45) is 2.41. The number of benzene rings is 1. The van der Waals surface area contributed by atoms with E-state index in [0.29, 0.717) is 18.3 Å². The lowest BCUT2D eigenvalue weighted by atomic mass is 10.2. The number of carbonyl (C=O) groups is 2. The fourth-order valence-corrected chi connectivity index (χ4v) is 3.16. The summed E-state index contributed by atoms with van der Waals surface area (Å²) in [5, 5.41) is 7.13. The molecule has 0 spiro atoms. The normalized spacial score (nSPS) is 17.6. The highest BCUT2D eigenvalue weighted by molar-refractivity contribution is 5.97. The van der Waals surface area contributed by atoms with E-state index in [-0.39, 0.29) is 17.3 Å². The summed E-state index contributed by atoms with van der Waals surface area (Å²) in [6, 6.07) is 11.1. The van der Waals surface area contributed by atoms with E-state index in [2.05, 4.69) is 22.2 Å². The van der Waals surface area contributed by atoms with Gasteiger partial charge in [0.25, 0.3) is 11.8 Å². The summed E-state index contributed by atoms with van der Waals surface area (Å²) >= 11 is 0. The van der Waals surface area contributed by atoms with E-state index < -0.39 is 5.91 Å². The lowest BCUT2D eigenvalue weighted by Gasteiger charge is -2.20. The summed E-state index contributed by atoms with van der Waals surface area (Å²) in [5.74, 6) is -0.926. The molecule has 1 aromatic carbocycles. The molecular weight excluding hydrogens is 318 g/mol. The van der Waals surface area contributed by atoms with Gasteiger partial charge >= 0.3 is 0 Å². The second-order valence-electron chi connectivity index (χ2n) is 6.31. The van der Waals surface area contributed by atoms with E-state index in [0.717, 1.165) is 13.1 Å². The van der Waals surface area contributed by atoms with E-state index >= 15 is 0 Å². The molecule has 2 aromatic rings. The van der Waals surface area contributed by atoms with Crippen LogP contribution in [-0.4, -0.2) is 52.2 Å². The highest BCUT2D eigenvalue weighted by Crippen LogP contribution is 2.15. The SMILES string of the molecule is C[C@H]1CCCN1CCNC(=O)c1cc(C(N)=O)n(-c2ccccc2)n1. The Kier molecular flexibility index (Phi) is 5.14. The van der Waals surface area contributed by atoms with Crippen LogP contribution < -0.4 is 11.1 Å². The number of nitrogens with one attached hydrogen (secondary N) is 1. The zero-order valence-electron chi connectivity index (χ0n) is 14.3. The third-order valence-corrected chi connectivity index (χ3v) is 4.57. The molecule has 7 heteroatoms. The quantitative estimate of drug-likeness (QED) is 0.825. The van der Waals surface area contributed by atoms with Crippen molar-refractivity contribution in [3.8, 4) is 5.69 Å². The van der Waals surface area contributed by atoms with Crippen LogP contribution in [-0.2, 0) is 0 Å². The number of nitrogens with zero attached hydrogens (tertiary/aromatic N) is 3. The highest BCUT2D eigenvalue weighted by atomic mass is 16.2. The van der Waals surface area contributed by atoms with Crippen LogP contribution in [0.5, 0.6) is 0 Å². The molecule has 2 heterocycles. The second-order valence-corrected chi connectivity index (χ2v) is 6.31. The molecule has 132 valence electrons. The number of para-hydroxylation sites is 1. The maximum atomic E-state index is 12.4. The van der Waals surface area contributed by atoms with Crippen molar-refractivity contribution in [1.82, 2.24) is 20.0 Å². The maximum absolute atomic E-state index is 12.4. The number of aromatic nitrogens is 2. The van der Waals surface area contributed by atoms with Gasteiger partial charge < -0.3 is 11.1 Å². The van der Waals surface area contributed by atoms with E-state index in [1.165, 1.54) is 23.6 Å². The van der Waals surface area contributed by atoms with Gasteiger partial charge in [-0.15, -0.1) is 0 Å². The number of likely N-dealkylation sites (tertiary alicyclic amines) is 1. The molecule has 1 aromatic heterocycles. The Hall–Kier alpha value is -2.67. The number of rotatable bonds is 6. The van der Waals surface area contributed by atoms with Crippen LogP contribution in [0.2, 0.25) is 0 Å². The number of hydrogen-bond donors (Lipinski definition) is 2. The molecule has 25 heavy (non-hydrogen) atoms.